The largest absolute Gasteiger partial charge is 0.384 e. The standard InChI is InChI=1S/C19H29N5O2/c1-15-10-17(15)21-13-19(14-26-2)4-8-23(9-5-19)18(25)16-11-22-24(12-16)7-3-6-20/h11-12,15,17,21H,3-5,7-10,13-14H2,1-2H3/t15-,17-/m1/s1. The molecule has 7 nitrogen and oxygen atoms in total. The van der Waals surface area contributed by atoms with Gasteiger partial charge in [0.05, 0.1) is 37.4 Å². The van der Waals surface area contributed by atoms with Crippen LogP contribution in [0.1, 0.15) is 43.0 Å². The van der Waals surface area contributed by atoms with Crippen LogP contribution in [0.25, 0.3) is 0 Å². The molecule has 7 heteroatoms. The van der Waals surface area contributed by atoms with E-state index in [4.69, 9.17) is 10.00 Å². The van der Waals surface area contributed by atoms with Gasteiger partial charge in [-0.15, -0.1) is 0 Å². The molecule has 1 amide bonds. The van der Waals surface area contributed by atoms with Gasteiger partial charge in [-0.05, 0) is 25.2 Å². The molecule has 1 aliphatic carbocycles. The number of carbonyl (C=O) groups is 1. The SMILES string of the molecule is COCC1(CN[C@@H]2C[C@H]2C)CCN(C(=O)c2cnn(CCC#N)c2)CC1. The number of hydrogen-bond donors (Lipinski definition) is 1. The molecule has 1 aromatic rings. The summed E-state index contributed by atoms with van der Waals surface area (Å²) in [5.41, 5.74) is 0.720. The van der Waals surface area contributed by atoms with Gasteiger partial charge in [0, 0.05) is 44.4 Å². The number of methoxy groups -OCH3 is 1. The highest BCUT2D eigenvalue weighted by Crippen LogP contribution is 2.35. The van der Waals surface area contributed by atoms with E-state index in [9.17, 15) is 4.79 Å². The summed E-state index contributed by atoms with van der Waals surface area (Å²) in [5.74, 6) is 0.817. The quantitative estimate of drug-likeness (QED) is 0.763. The van der Waals surface area contributed by atoms with Crippen molar-refractivity contribution in [3.8, 4) is 6.07 Å². The fourth-order valence-electron chi connectivity index (χ4n) is 3.76. The molecule has 3 rings (SSSR count). The Bertz CT molecular complexity index is 657. The molecule has 26 heavy (non-hydrogen) atoms. The van der Waals surface area contributed by atoms with Gasteiger partial charge in [0.1, 0.15) is 0 Å². The molecule has 2 atom stereocenters. The number of nitrogens with zero attached hydrogens (tertiary/aromatic N) is 4. The van der Waals surface area contributed by atoms with Crippen molar-refractivity contribution in [3.05, 3.63) is 18.0 Å². The molecule has 1 aromatic heterocycles. The van der Waals surface area contributed by atoms with Crippen molar-refractivity contribution in [2.75, 3.05) is 33.4 Å². The van der Waals surface area contributed by atoms with Gasteiger partial charge in [0.25, 0.3) is 5.91 Å². The molecule has 1 saturated carbocycles. The molecule has 2 fully saturated rings. The van der Waals surface area contributed by atoms with Crippen molar-refractivity contribution >= 4 is 5.91 Å². The molecule has 0 radical (unpaired) electrons. The van der Waals surface area contributed by atoms with Gasteiger partial charge in [-0.25, -0.2) is 0 Å². The van der Waals surface area contributed by atoms with E-state index in [1.807, 2.05) is 4.90 Å². The molecular formula is C19H29N5O2. The Labute approximate surface area is 155 Å². The molecule has 2 aliphatic rings. The molecule has 1 aliphatic heterocycles. The van der Waals surface area contributed by atoms with Crippen LogP contribution in [0.15, 0.2) is 12.4 Å². The molecule has 0 unspecified atom stereocenters. The lowest BCUT2D eigenvalue weighted by atomic mass is 9.78. The topological polar surface area (TPSA) is 83.2 Å². The van der Waals surface area contributed by atoms with Crippen LogP contribution in [0.3, 0.4) is 0 Å². The predicted octanol–water partition coefficient (Wildman–Crippen LogP) is 1.66. The first-order chi connectivity index (χ1) is 12.6. The maximum atomic E-state index is 12.7. The summed E-state index contributed by atoms with van der Waals surface area (Å²) in [5, 5.41) is 16.5. The van der Waals surface area contributed by atoms with Crippen molar-refractivity contribution in [2.45, 2.75) is 45.2 Å². The minimum Gasteiger partial charge on any atom is -0.384 e. The van der Waals surface area contributed by atoms with Gasteiger partial charge in [-0.3, -0.25) is 9.48 Å². The van der Waals surface area contributed by atoms with Gasteiger partial charge in [-0.1, -0.05) is 6.92 Å². The van der Waals surface area contributed by atoms with E-state index < -0.39 is 0 Å². The second-order valence-electron chi connectivity index (χ2n) is 7.83. The summed E-state index contributed by atoms with van der Waals surface area (Å²) in [6.07, 6.45) is 6.90. The molecule has 142 valence electrons. The summed E-state index contributed by atoms with van der Waals surface area (Å²) >= 11 is 0. The Morgan fingerprint density at radius 1 is 1.50 bits per heavy atom. The summed E-state index contributed by atoms with van der Waals surface area (Å²) < 4.78 is 7.17. The first kappa shape index (κ1) is 18.9. The molecule has 1 N–H and O–H groups in total. The molecule has 2 heterocycles. The zero-order chi connectivity index (χ0) is 18.6. The minimum atomic E-state index is 0.0306. The van der Waals surface area contributed by atoms with E-state index in [1.165, 1.54) is 6.42 Å². The fraction of sp³-hybridized carbons (Fsp3) is 0.737. The highest BCUT2D eigenvalue weighted by Gasteiger charge is 2.39. The minimum absolute atomic E-state index is 0.0306. The van der Waals surface area contributed by atoms with E-state index in [-0.39, 0.29) is 11.3 Å². The maximum Gasteiger partial charge on any atom is 0.257 e. The number of aromatic nitrogens is 2. The number of aryl methyl sites for hydroxylation is 1. The Kier molecular flexibility index (Phi) is 5.94. The zero-order valence-electron chi connectivity index (χ0n) is 15.8. The summed E-state index contributed by atoms with van der Waals surface area (Å²) in [6.45, 7) is 5.98. The third-order valence-corrected chi connectivity index (χ3v) is 5.74. The Morgan fingerprint density at radius 3 is 2.85 bits per heavy atom. The molecule has 0 spiro atoms. The number of amides is 1. The van der Waals surface area contributed by atoms with Gasteiger partial charge < -0.3 is 15.0 Å². The highest BCUT2D eigenvalue weighted by atomic mass is 16.5. The maximum absolute atomic E-state index is 12.7. The third-order valence-electron chi connectivity index (χ3n) is 5.74. The Hall–Kier alpha value is -1.91. The second-order valence-corrected chi connectivity index (χ2v) is 7.83. The van der Waals surface area contributed by atoms with E-state index in [0.717, 1.165) is 45.0 Å². The third kappa shape index (κ3) is 4.43. The average Bonchev–Trinajstić information content (AvgIpc) is 3.16. The van der Waals surface area contributed by atoms with Crippen molar-refractivity contribution in [3.63, 3.8) is 0 Å². The highest BCUT2D eigenvalue weighted by molar-refractivity contribution is 5.93. The van der Waals surface area contributed by atoms with Crippen LogP contribution in [0.5, 0.6) is 0 Å². The first-order valence-corrected chi connectivity index (χ1v) is 9.48. The summed E-state index contributed by atoms with van der Waals surface area (Å²) in [7, 11) is 1.76. The van der Waals surface area contributed by atoms with Crippen molar-refractivity contribution < 1.29 is 9.53 Å². The number of likely N-dealkylation sites (tertiary alicyclic amines) is 1. The van der Waals surface area contributed by atoms with Gasteiger partial charge >= 0.3 is 0 Å². The predicted molar refractivity (Wildman–Crippen MR) is 97.5 cm³/mol. The van der Waals surface area contributed by atoms with Crippen LogP contribution in [0, 0.1) is 22.7 Å². The Morgan fingerprint density at radius 2 is 2.23 bits per heavy atom. The van der Waals surface area contributed by atoms with Gasteiger partial charge in [0.2, 0.25) is 0 Å². The number of ether oxygens (including phenoxy) is 1. The number of rotatable bonds is 8. The van der Waals surface area contributed by atoms with Crippen LogP contribution < -0.4 is 5.32 Å². The Balaban J connectivity index is 1.54. The van der Waals surface area contributed by atoms with E-state index in [0.29, 0.717) is 24.6 Å². The van der Waals surface area contributed by atoms with Crippen molar-refractivity contribution in [1.29, 1.82) is 5.26 Å². The first-order valence-electron chi connectivity index (χ1n) is 9.48. The molecule has 0 aromatic carbocycles. The normalized spacial score (nSPS) is 24.3. The summed E-state index contributed by atoms with van der Waals surface area (Å²) in [6, 6.07) is 2.75. The molecule has 1 saturated heterocycles. The number of piperidine rings is 1. The molecular weight excluding hydrogens is 330 g/mol. The van der Waals surface area contributed by atoms with Crippen LogP contribution in [0.2, 0.25) is 0 Å². The monoisotopic (exact) mass is 359 g/mol. The lowest BCUT2D eigenvalue weighted by Gasteiger charge is -2.41. The van der Waals surface area contributed by atoms with Crippen LogP contribution >= 0.6 is 0 Å². The lowest BCUT2D eigenvalue weighted by molar-refractivity contribution is 0.0201. The van der Waals surface area contributed by atoms with E-state index in [1.54, 1.807) is 24.2 Å². The second kappa shape index (κ2) is 8.19. The fourth-order valence-corrected chi connectivity index (χ4v) is 3.76. The van der Waals surface area contributed by atoms with Crippen molar-refractivity contribution in [1.82, 2.24) is 20.0 Å². The smallest absolute Gasteiger partial charge is 0.257 e. The molecule has 0 bridgehead atoms. The number of nitrogens with one attached hydrogen (secondary N) is 1. The summed E-state index contributed by atoms with van der Waals surface area (Å²) in [4.78, 5) is 14.7. The van der Waals surface area contributed by atoms with Crippen LogP contribution in [-0.2, 0) is 11.3 Å². The number of carbonyl (C=O) groups excluding carboxylic acids is 1. The number of nitriles is 1. The van der Waals surface area contributed by atoms with Crippen LogP contribution in [-0.4, -0.2) is 60.0 Å². The van der Waals surface area contributed by atoms with Crippen LogP contribution in [0.4, 0.5) is 0 Å². The van der Waals surface area contributed by atoms with Crippen molar-refractivity contribution in [2.24, 2.45) is 11.3 Å². The lowest BCUT2D eigenvalue weighted by Crippen LogP contribution is -2.49. The van der Waals surface area contributed by atoms with E-state index in [2.05, 4.69) is 23.4 Å². The zero-order valence-corrected chi connectivity index (χ0v) is 15.8. The number of hydrogen-bond acceptors (Lipinski definition) is 5. The van der Waals surface area contributed by atoms with Gasteiger partial charge in [-0.2, -0.15) is 10.4 Å². The average molecular weight is 359 g/mol. The van der Waals surface area contributed by atoms with Gasteiger partial charge in [0.15, 0.2) is 0 Å². The van der Waals surface area contributed by atoms with E-state index >= 15 is 0 Å².